The predicted molar refractivity (Wildman–Crippen MR) is 98.9 cm³/mol. The third-order valence-electron chi connectivity index (χ3n) is 4.98. The highest BCUT2D eigenvalue weighted by Gasteiger charge is 2.35. The number of hydrogen-bond donors (Lipinski definition) is 1. The summed E-state index contributed by atoms with van der Waals surface area (Å²) in [6.45, 7) is 0.246. The number of nitrogens with one attached hydrogen (secondary N) is 1. The van der Waals surface area contributed by atoms with Crippen molar-refractivity contribution in [2.45, 2.75) is 18.5 Å². The summed E-state index contributed by atoms with van der Waals surface area (Å²) < 4.78 is 17.2. The normalized spacial score (nSPS) is 20.8. The molecule has 1 N–H and O–H groups in total. The topological polar surface area (TPSA) is 56.8 Å². The molecular weight excluding hydrogens is 350 g/mol. The SMILES string of the molecule is COC(=O)[C@H]1Cc2c(sc3ccccc23)[C@@H](c2ccc3c(c2)OCO3)N1. The molecule has 5 nitrogen and oxygen atoms in total. The Labute approximate surface area is 154 Å². The van der Waals surface area contributed by atoms with E-state index in [1.807, 2.05) is 30.3 Å². The van der Waals surface area contributed by atoms with Crippen LogP contribution in [0.15, 0.2) is 42.5 Å². The number of methoxy groups -OCH3 is 1. The van der Waals surface area contributed by atoms with Gasteiger partial charge in [0.15, 0.2) is 11.5 Å². The van der Waals surface area contributed by atoms with Crippen molar-refractivity contribution in [1.82, 2.24) is 5.32 Å². The summed E-state index contributed by atoms with van der Waals surface area (Å²) in [6, 6.07) is 13.8. The van der Waals surface area contributed by atoms with Crippen LogP contribution in [0.3, 0.4) is 0 Å². The number of rotatable bonds is 2. The lowest BCUT2D eigenvalue weighted by Crippen LogP contribution is -2.45. The van der Waals surface area contributed by atoms with E-state index < -0.39 is 0 Å². The fourth-order valence-electron chi connectivity index (χ4n) is 3.74. The Kier molecular flexibility index (Phi) is 3.62. The van der Waals surface area contributed by atoms with Crippen molar-refractivity contribution in [1.29, 1.82) is 0 Å². The van der Waals surface area contributed by atoms with Gasteiger partial charge in [-0.15, -0.1) is 11.3 Å². The van der Waals surface area contributed by atoms with Crippen LogP contribution in [0.5, 0.6) is 11.5 Å². The number of ether oxygens (including phenoxy) is 3. The molecule has 3 heterocycles. The minimum Gasteiger partial charge on any atom is -0.468 e. The number of benzene rings is 2. The zero-order valence-corrected chi connectivity index (χ0v) is 15.0. The molecule has 2 aliphatic heterocycles. The predicted octanol–water partition coefficient (Wildman–Crippen LogP) is 3.41. The minimum atomic E-state index is -0.374. The Balaban J connectivity index is 1.65. The number of carbonyl (C=O) groups is 1. The molecule has 3 aromatic rings. The molecule has 0 fully saturated rings. The second kappa shape index (κ2) is 6.00. The van der Waals surface area contributed by atoms with Crippen molar-refractivity contribution in [2.24, 2.45) is 0 Å². The van der Waals surface area contributed by atoms with Crippen molar-refractivity contribution in [3.05, 3.63) is 58.5 Å². The summed E-state index contributed by atoms with van der Waals surface area (Å²) in [4.78, 5) is 13.5. The molecule has 26 heavy (non-hydrogen) atoms. The minimum absolute atomic E-state index is 0.0882. The summed E-state index contributed by atoms with van der Waals surface area (Å²) in [6.07, 6.45) is 0.632. The third kappa shape index (κ3) is 2.37. The van der Waals surface area contributed by atoms with E-state index in [4.69, 9.17) is 14.2 Å². The van der Waals surface area contributed by atoms with Gasteiger partial charge in [0.1, 0.15) is 6.04 Å². The van der Waals surface area contributed by atoms with Gasteiger partial charge in [-0.2, -0.15) is 0 Å². The smallest absolute Gasteiger partial charge is 0.323 e. The van der Waals surface area contributed by atoms with Crippen molar-refractivity contribution in [3.63, 3.8) is 0 Å². The van der Waals surface area contributed by atoms with Crippen LogP contribution in [0.25, 0.3) is 10.1 Å². The molecule has 6 heteroatoms. The molecule has 0 aliphatic carbocycles. The van der Waals surface area contributed by atoms with E-state index in [1.165, 1.54) is 27.6 Å². The van der Waals surface area contributed by atoms with E-state index in [9.17, 15) is 4.79 Å². The first-order chi connectivity index (χ1) is 12.7. The summed E-state index contributed by atoms with van der Waals surface area (Å²) in [5.41, 5.74) is 2.28. The molecule has 5 rings (SSSR count). The molecule has 0 saturated heterocycles. The van der Waals surface area contributed by atoms with Crippen molar-refractivity contribution >= 4 is 27.4 Å². The van der Waals surface area contributed by atoms with Gasteiger partial charge in [0.05, 0.1) is 13.2 Å². The monoisotopic (exact) mass is 367 g/mol. The highest BCUT2D eigenvalue weighted by Crippen LogP contribution is 2.43. The molecule has 0 bridgehead atoms. The molecule has 2 aromatic carbocycles. The fourth-order valence-corrected chi connectivity index (χ4v) is 5.06. The van der Waals surface area contributed by atoms with E-state index in [2.05, 4.69) is 17.4 Å². The van der Waals surface area contributed by atoms with Crippen LogP contribution in [0.4, 0.5) is 0 Å². The lowest BCUT2D eigenvalue weighted by molar-refractivity contribution is -0.143. The second-order valence-corrected chi connectivity index (χ2v) is 7.52. The van der Waals surface area contributed by atoms with Gasteiger partial charge in [-0.25, -0.2) is 0 Å². The van der Waals surface area contributed by atoms with Crippen molar-refractivity contribution in [2.75, 3.05) is 13.9 Å². The number of esters is 1. The summed E-state index contributed by atoms with van der Waals surface area (Å²) in [5, 5.41) is 4.68. The number of thiophene rings is 1. The molecule has 1 aromatic heterocycles. The lowest BCUT2D eigenvalue weighted by atomic mass is 9.91. The van der Waals surface area contributed by atoms with Gasteiger partial charge in [-0.1, -0.05) is 24.3 Å². The van der Waals surface area contributed by atoms with Crippen LogP contribution in [-0.4, -0.2) is 25.9 Å². The number of hydrogen-bond acceptors (Lipinski definition) is 6. The third-order valence-corrected chi connectivity index (χ3v) is 6.26. The molecule has 0 radical (unpaired) electrons. The number of fused-ring (bicyclic) bond motifs is 4. The van der Waals surface area contributed by atoms with E-state index in [0.717, 1.165) is 17.1 Å². The molecular formula is C20H17NO4S. The first kappa shape index (κ1) is 15.7. The molecule has 2 atom stereocenters. The maximum absolute atomic E-state index is 12.3. The lowest BCUT2D eigenvalue weighted by Gasteiger charge is -2.30. The maximum atomic E-state index is 12.3. The molecule has 0 saturated carbocycles. The first-order valence-electron chi connectivity index (χ1n) is 8.48. The largest absolute Gasteiger partial charge is 0.468 e. The molecule has 0 unspecified atom stereocenters. The Morgan fingerprint density at radius 2 is 2.04 bits per heavy atom. The van der Waals surface area contributed by atoms with Crippen LogP contribution in [-0.2, 0) is 16.0 Å². The Morgan fingerprint density at radius 3 is 2.92 bits per heavy atom. The standard InChI is InChI=1S/C20H17NO4S/c1-23-20(22)14-9-13-12-4-2-3-5-17(12)26-19(13)18(21-14)11-6-7-15-16(8-11)25-10-24-15/h2-8,14,18,21H,9-10H2,1H3/t14-,18-/m1/s1. The summed E-state index contributed by atoms with van der Waals surface area (Å²) >= 11 is 1.77. The Hall–Kier alpha value is -2.57. The maximum Gasteiger partial charge on any atom is 0.323 e. The van der Waals surface area contributed by atoms with E-state index >= 15 is 0 Å². The number of carbonyl (C=O) groups excluding carboxylic acids is 1. The Bertz CT molecular complexity index is 1010. The van der Waals surface area contributed by atoms with Crippen LogP contribution in [0.1, 0.15) is 22.0 Å². The summed E-state index contributed by atoms with van der Waals surface area (Å²) in [7, 11) is 1.43. The van der Waals surface area contributed by atoms with Gasteiger partial charge in [0.25, 0.3) is 0 Å². The van der Waals surface area contributed by atoms with Gasteiger partial charge >= 0.3 is 5.97 Å². The zero-order chi connectivity index (χ0) is 17.7. The van der Waals surface area contributed by atoms with Gasteiger partial charge < -0.3 is 14.2 Å². The van der Waals surface area contributed by atoms with Gasteiger partial charge in [-0.3, -0.25) is 10.1 Å². The van der Waals surface area contributed by atoms with E-state index in [-0.39, 0.29) is 24.8 Å². The average Bonchev–Trinajstić information content (AvgIpc) is 3.30. The fraction of sp³-hybridized carbons (Fsp3) is 0.250. The van der Waals surface area contributed by atoms with Gasteiger partial charge in [0, 0.05) is 16.0 Å². The van der Waals surface area contributed by atoms with E-state index in [0.29, 0.717) is 6.42 Å². The molecule has 132 valence electrons. The highest BCUT2D eigenvalue weighted by molar-refractivity contribution is 7.19. The summed E-state index contributed by atoms with van der Waals surface area (Å²) in [5.74, 6) is 1.26. The quantitative estimate of drug-likeness (QED) is 0.704. The van der Waals surface area contributed by atoms with Crippen LogP contribution in [0.2, 0.25) is 0 Å². The second-order valence-electron chi connectivity index (χ2n) is 6.43. The molecule has 0 amide bonds. The van der Waals surface area contributed by atoms with Crippen molar-refractivity contribution < 1.29 is 19.0 Å². The van der Waals surface area contributed by atoms with Gasteiger partial charge in [0.2, 0.25) is 6.79 Å². The Morgan fingerprint density at radius 1 is 1.19 bits per heavy atom. The zero-order valence-electron chi connectivity index (χ0n) is 14.2. The van der Waals surface area contributed by atoms with Crippen LogP contribution >= 0.6 is 11.3 Å². The molecule has 2 aliphatic rings. The highest BCUT2D eigenvalue weighted by atomic mass is 32.1. The van der Waals surface area contributed by atoms with Crippen molar-refractivity contribution in [3.8, 4) is 11.5 Å². The first-order valence-corrected chi connectivity index (χ1v) is 9.30. The van der Waals surface area contributed by atoms with Crippen LogP contribution in [0, 0.1) is 0 Å². The van der Waals surface area contributed by atoms with Gasteiger partial charge in [-0.05, 0) is 34.7 Å². The van der Waals surface area contributed by atoms with E-state index in [1.54, 1.807) is 11.3 Å². The van der Waals surface area contributed by atoms with Crippen LogP contribution < -0.4 is 14.8 Å². The molecule has 0 spiro atoms. The average molecular weight is 367 g/mol.